The zero-order chi connectivity index (χ0) is 16.5. The molecule has 120 valence electrons. The van der Waals surface area contributed by atoms with E-state index in [9.17, 15) is 9.90 Å². The smallest absolute Gasteiger partial charge is 0.407 e. The van der Waals surface area contributed by atoms with Crippen LogP contribution in [0.1, 0.15) is 16.7 Å². The normalized spacial score (nSPS) is 10.7. The minimum Gasteiger partial charge on any atom is -0.508 e. The van der Waals surface area contributed by atoms with Crippen molar-refractivity contribution in [1.29, 1.82) is 0 Å². The van der Waals surface area contributed by atoms with Gasteiger partial charge in [-0.15, -0.1) is 0 Å². The number of aliphatic hydroxyl groups excluding tert-OH is 1. The summed E-state index contributed by atoms with van der Waals surface area (Å²) >= 11 is 0. The Morgan fingerprint density at radius 3 is 2.70 bits per heavy atom. The van der Waals surface area contributed by atoms with Gasteiger partial charge in [0.05, 0.1) is 6.61 Å². The largest absolute Gasteiger partial charge is 0.508 e. The highest BCUT2D eigenvalue weighted by Crippen LogP contribution is 2.18. The van der Waals surface area contributed by atoms with Gasteiger partial charge in [-0.1, -0.05) is 48.6 Å². The predicted octanol–water partition coefficient (Wildman–Crippen LogP) is 2.82. The molecular weight excluding hydrogens is 294 g/mol. The lowest BCUT2D eigenvalue weighted by Crippen LogP contribution is -2.24. The topological polar surface area (TPSA) is 78.8 Å². The van der Waals surface area contributed by atoms with Gasteiger partial charge in [-0.3, -0.25) is 0 Å². The molecule has 23 heavy (non-hydrogen) atoms. The first-order valence-electron chi connectivity index (χ1n) is 7.23. The predicted molar refractivity (Wildman–Crippen MR) is 87.7 cm³/mol. The highest BCUT2D eigenvalue weighted by atomic mass is 16.5. The lowest BCUT2D eigenvalue weighted by Gasteiger charge is -2.05. The quantitative estimate of drug-likeness (QED) is 0.766. The summed E-state index contributed by atoms with van der Waals surface area (Å²) in [7, 11) is 0. The number of nitrogens with one attached hydrogen (secondary N) is 1. The molecule has 0 aliphatic carbocycles. The summed E-state index contributed by atoms with van der Waals surface area (Å²) in [5.41, 5.74) is 2.22. The molecule has 0 bridgehead atoms. The molecule has 2 aromatic carbocycles. The van der Waals surface area contributed by atoms with Crippen molar-refractivity contribution in [3.8, 4) is 5.75 Å². The highest BCUT2D eigenvalue weighted by Gasteiger charge is 2.01. The van der Waals surface area contributed by atoms with Crippen LogP contribution < -0.4 is 5.32 Å². The Morgan fingerprint density at radius 2 is 1.96 bits per heavy atom. The fourth-order valence-corrected chi connectivity index (χ4v) is 1.95. The number of alkyl carbamates (subject to hydrolysis) is 1. The molecule has 0 atom stereocenters. The first-order chi connectivity index (χ1) is 11.2. The van der Waals surface area contributed by atoms with E-state index < -0.39 is 6.09 Å². The standard InChI is InChI=1S/C18H19NO4/c20-12-16-11-14(8-9-17(16)21)7-4-10-19-18(22)23-13-15-5-2-1-3-6-15/h1-9,11,20-21H,10,12-13H2,(H,19,22). The monoisotopic (exact) mass is 313 g/mol. The van der Waals surface area contributed by atoms with Gasteiger partial charge in [-0.2, -0.15) is 0 Å². The van der Waals surface area contributed by atoms with Crippen molar-refractivity contribution in [2.45, 2.75) is 13.2 Å². The van der Waals surface area contributed by atoms with E-state index in [4.69, 9.17) is 9.84 Å². The molecule has 0 aliphatic heterocycles. The second-order valence-corrected chi connectivity index (χ2v) is 4.89. The van der Waals surface area contributed by atoms with Crippen molar-refractivity contribution in [2.24, 2.45) is 0 Å². The Hall–Kier alpha value is -2.79. The molecule has 0 saturated carbocycles. The van der Waals surface area contributed by atoms with Crippen LogP contribution in [0.2, 0.25) is 0 Å². The molecular formula is C18H19NO4. The minimum atomic E-state index is -0.486. The summed E-state index contributed by atoms with van der Waals surface area (Å²) in [6.07, 6.45) is 3.06. The SMILES string of the molecule is O=C(NCC=Cc1ccc(O)c(CO)c1)OCc1ccccc1. The van der Waals surface area contributed by atoms with Gasteiger partial charge in [0, 0.05) is 12.1 Å². The van der Waals surface area contributed by atoms with Crippen molar-refractivity contribution in [1.82, 2.24) is 5.32 Å². The molecule has 0 unspecified atom stereocenters. The van der Waals surface area contributed by atoms with Gasteiger partial charge in [-0.05, 0) is 23.3 Å². The summed E-state index contributed by atoms with van der Waals surface area (Å²) in [4.78, 5) is 11.5. The van der Waals surface area contributed by atoms with Gasteiger partial charge in [0.15, 0.2) is 0 Å². The number of ether oxygens (including phenoxy) is 1. The molecule has 1 amide bonds. The van der Waals surface area contributed by atoms with E-state index in [0.29, 0.717) is 12.1 Å². The summed E-state index contributed by atoms with van der Waals surface area (Å²) < 4.78 is 5.08. The Labute approximate surface area is 134 Å². The second-order valence-electron chi connectivity index (χ2n) is 4.89. The number of carbonyl (C=O) groups excluding carboxylic acids is 1. The number of benzene rings is 2. The van der Waals surface area contributed by atoms with Crippen LogP contribution >= 0.6 is 0 Å². The third-order valence-corrected chi connectivity index (χ3v) is 3.16. The summed E-state index contributed by atoms with van der Waals surface area (Å²) in [6, 6.07) is 14.4. The Kier molecular flexibility index (Phi) is 6.20. The van der Waals surface area contributed by atoms with E-state index in [1.165, 1.54) is 6.07 Å². The molecule has 0 heterocycles. The lowest BCUT2D eigenvalue weighted by atomic mass is 10.1. The summed E-state index contributed by atoms with van der Waals surface area (Å²) in [5, 5.41) is 21.2. The minimum absolute atomic E-state index is 0.0623. The molecule has 5 nitrogen and oxygen atoms in total. The molecule has 0 spiro atoms. The molecule has 0 aliphatic rings. The van der Waals surface area contributed by atoms with Crippen LogP contribution in [0.4, 0.5) is 4.79 Å². The Morgan fingerprint density at radius 1 is 1.17 bits per heavy atom. The zero-order valence-electron chi connectivity index (χ0n) is 12.6. The van der Waals surface area contributed by atoms with Gasteiger partial charge in [0.1, 0.15) is 12.4 Å². The van der Waals surface area contributed by atoms with E-state index >= 15 is 0 Å². The summed E-state index contributed by atoms with van der Waals surface area (Å²) in [5.74, 6) is 0.0623. The van der Waals surface area contributed by atoms with Crippen LogP contribution in [0.3, 0.4) is 0 Å². The van der Waals surface area contributed by atoms with Crippen LogP contribution in [0.5, 0.6) is 5.75 Å². The zero-order valence-corrected chi connectivity index (χ0v) is 12.6. The number of hydrogen-bond donors (Lipinski definition) is 3. The number of hydrogen-bond acceptors (Lipinski definition) is 4. The van der Waals surface area contributed by atoms with E-state index in [-0.39, 0.29) is 19.0 Å². The van der Waals surface area contributed by atoms with Crippen molar-refractivity contribution in [3.63, 3.8) is 0 Å². The lowest BCUT2D eigenvalue weighted by molar-refractivity contribution is 0.141. The molecule has 0 fully saturated rings. The molecule has 2 aromatic rings. The first-order valence-corrected chi connectivity index (χ1v) is 7.23. The maximum atomic E-state index is 11.5. The fraction of sp³-hybridized carbons (Fsp3) is 0.167. The van der Waals surface area contributed by atoms with Crippen molar-refractivity contribution in [3.05, 3.63) is 71.3 Å². The van der Waals surface area contributed by atoms with Crippen molar-refractivity contribution < 1.29 is 19.7 Å². The maximum absolute atomic E-state index is 11.5. The van der Waals surface area contributed by atoms with Crippen LogP contribution in [0, 0.1) is 0 Å². The Balaban J connectivity index is 1.74. The van der Waals surface area contributed by atoms with E-state index in [0.717, 1.165) is 11.1 Å². The third-order valence-electron chi connectivity index (χ3n) is 3.16. The van der Waals surface area contributed by atoms with Crippen LogP contribution in [-0.2, 0) is 18.0 Å². The molecule has 0 saturated heterocycles. The molecule has 5 heteroatoms. The van der Waals surface area contributed by atoms with Crippen LogP contribution in [0.25, 0.3) is 6.08 Å². The van der Waals surface area contributed by atoms with Gasteiger partial charge >= 0.3 is 6.09 Å². The van der Waals surface area contributed by atoms with Gasteiger partial charge in [-0.25, -0.2) is 4.79 Å². The van der Waals surface area contributed by atoms with E-state index in [1.807, 2.05) is 30.3 Å². The number of aliphatic hydroxyl groups is 1. The third kappa shape index (κ3) is 5.48. The van der Waals surface area contributed by atoms with E-state index in [1.54, 1.807) is 24.3 Å². The number of aromatic hydroxyl groups is 1. The number of carbonyl (C=O) groups is 1. The average Bonchev–Trinajstić information content (AvgIpc) is 2.59. The van der Waals surface area contributed by atoms with Crippen LogP contribution in [-0.4, -0.2) is 22.9 Å². The number of amides is 1. The summed E-state index contributed by atoms with van der Waals surface area (Å²) in [6.45, 7) is 0.328. The van der Waals surface area contributed by atoms with Gasteiger partial charge < -0.3 is 20.3 Å². The maximum Gasteiger partial charge on any atom is 0.407 e. The number of phenols is 1. The van der Waals surface area contributed by atoms with Crippen molar-refractivity contribution >= 4 is 12.2 Å². The van der Waals surface area contributed by atoms with Crippen LogP contribution in [0.15, 0.2) is 54.6 Å². The highest BCUT2D eigenvalue weighted by molar-refractivity contribution is 5.67. The second kappa shape index (κ2) is 8.60. The first kappa shape index (κ1) is 16.6. The average molecular weight is 313 g/mol. The molecule has 2 rings (SSSR count). The van der Waals surface area contributed by atoms with Gasteiger partial charge in [0.25, 0.3) is 0 Å². The van der Waals surface area contributed by atoms with Gasteiger partial charge in [0.2, 0.25) is 0 Å². The Bertz CT molecular complexity index is 668. The van der Waals surface area contributed by atoms with Crippen molar-refractivity contribution in [2.75, 3.05) is 6.54 Å². The molecule has 3 N–H and O–H groups in total. The molecule has 0 radical (unpaired) electrons. The molecule has 0 aromatic heterocycles. The fourth-order valence-electron chi connectivity index (χ4n) is 1.95. The van der Waals surface area contributed by atoms with E-state index in [2.05, 4.69) is 5.32 Å². The number of rotatable bonds is 6.